The lowest BCUT2D eigenvalue weighted by molar-refractivity contribution is -0.131. The van der Waals surface area contributed by atoms with Crippen molar-refractivity contribution < 1.29 is 4.79 Å². The van der Waals surface area contributed by atoms with E-state index < -0.39 is 0 Å². The van der Waals surface area contributed by atoms with E-state index in [9.17, 15) is 4.79 Å². The monoisotopic (exact) mass is 213 g/mol. The smallest absolute Gasteiger partial charge is 0.239 e. The molecule has 1 fully saturated rings. The number of nitrogens with one attached hydrogen (secondary N) is 1. The van der Waals surface area contributed by atoms with E-state index in [0.717, 1.165) is 26.1 Å². The van der Waals surface area contributed by atoms with Gasteiger partial charge < -0.3 is 15.1 Å². The Hall–Kier alpha value is -0.610. The molecule has 1 aliphatic heterocycles. The van der Waals surface area contributed by atoms with E-state index in [-0.39, 0.29) is 11.9 Å². The van der Waals surface area contributed by atoms with Crippen LogP contribution in [0.25, 0.3) is 0 Å². The van der Waals surface area contributed by atoms with Gasteiger partial charge in [-0.2, -0.15) is 0 Å². The summed E-state index contributed by atoms with van der Waals surface area (Å²) in [6.07, 6.45) is 1.14. The van der Waals surface area contributed by atoms with Crippen molar-refractivity contribution in [3.63, 3.8) is 0 Å². The van der Waals surface area contributed by atoms with E-state index in [4.69, 9.17) is 0 Å². The second-order valence-electron chi connectivity index (χ2n) is 4.49. The first-order chi connectivity index (χ1) is 7.04. The molecule has 2 atom stereocenters. The van der Waals surface area contributed by atoms with Crippen molar-refractivity contribution in [3.05, 3.63) is 0 Å². The average Bonchev–Trinajstić information content (AvgIpc) is 2.61. The number of carbonyl (C=O) groups is 1. The Balaban J connectivity index is 2.35. The molecule has 15 heavy (non-hydrogen) atoms. The van der Waals surface area contributed by atoms with Crippen LogP contribution in [0.5, 0.6) is 0 Å². The van der Waals surface area contributed by atoms with Crippen LogP contribution >= 0.6 is 0 Å². The molecule has 0 radical (unpaired) electrons. The first kappa shape index (κ1) is 12.5. The van der Waals surface area contributed by atoms with Crippen LogP contribution in [-0.2, 0) is 4.79 Å². The summed E-state index contributed by atoms with van der Waals surface area (Å²) < 4.78 is 0. The molecule has 88 valence electrons. The van der Waals surface area contributed by atoms with E-state index in [1.165, 1.54) is 0 Å². The van der Waals surface area contributed by atoms with E-state index in [1.807, 2.05) is 20.9 Å². The minimum atomic E-state index is -0.0635. The van der Waals surface area contributed by atoms with E-state index in [1.54, 1.807) is 4.90 Å². The van der Waals surface area contributed by atoms with Gasteiger partial charge in [-0.15, -0.1) is 0 Å². The Morgan fingerprint density at radius 3 is 2.80 bits per heavy atom. The third kappa shape index (κ3) is 3.47. The number of carbonyl (C=O) groups excluding carboxylic acids is 1. The minimum Gasteiger partial charge on any atom is -0.345 e. The zero-order chi connectivity index (χ0) is 11.4. The highest BCUT2D eigenvalue weighted by atomic mass is 16.2. The quantitative estimate of drug-likeness (QED) is 0.722. The normalized spacial score (nSPS) is 24.1. The van der Waals surface area contributed by atoms with Gasteiger partial charge in [-0.05, 0) is 33.9 Å². The fourth-order valence-corrected chi connectivity index (χ4v) is 1.98. The highest BCUT2D eigenvalue weighted by Crippen LogP contribution is 2.07. The standard InChI is InChI=1S/C11H23N3O/c1-5-14(4)11(15)9(2)12-10-6-7-13(3)8-10/h9-10,12H,5-8H2,1-4H3. The largest absolute Gasteiger partial charge is 0.345 e. The number of hydrogen-bond acceptors (Lipinski definition) is 3. The summed E-state index contributed by atoms with van der Waals surface area (Å²) >= 11 is 0. The van der Waals surface area contributed by atoms with Crippen molar-refractivity contribution in [2.24, 2.45) is 0 Å². The average molecular weight is 213 g/mol. The molecule has 1 N–H and O–H groups in total. The maximum Gasteiger partial charge on any atom is 0.239 e. The van der Waals surface area contributed by atoms with Gasteiger partial charge in [-0.25, -0.2) is 0 Å². The molecule has 1 amide bonds. The van der Waals surface area contributed by atoms with Crippen molar-refractivity contribution >= 4 is 5.91 Å². The molecule has 0 spiro atoms. The molecule has 2 unspecified atom stereocenters. The summed E-state index contributed by atoms with van der Waals surface area (Å²) in [5.74, 6) is 0.187. The molecule has 0 bridgehead atoms. The van der Waals surface area contributed by atoms with Gasteiger partial charge in [0.2, 0.25) is 5.91 Å². The lowest BCUT2D eigenvalue weighted by Crippen LogP contribution is -2.47. The maximum absolute atomic E-state index is 11.8. The zero-order valence-electron chi connectivity index (χ0n) is 10.3. The Bertz CT molecular complexity index is 220. The summed E-state index contributed by atoms with van der Waals surface area (Å²) in [4.78, 5) is 15.8. The summed E-state index contributed by atoms with van der Waals surface area (Å²) in [7, 11) is 3.97. The van der Waals surface area contributed by atoms with Crippen LogP contribution in [0.1, 0.15) is 20.3 Å². The Morgan fingerprint density at radius 1 is 1.67 bits per heavy atom. The fraction of sp³-hybridized carbons (Fsp3) is 0.909. The van der Waals surface area contributed by atoms with Crippen LogP contribution in [-0.4, -0.2) is 61.5 Å². The molecule has 1 rings (SSSR count). The molecule has 1 saturated heterocycles. The first-order valence-electron chi connectivity index (χ1n) is 5.74. The van der Waals surface area contributed by atoms with Crippen molar-refractivity contribution in [3.8, 4) is 0 Å². The first-order valence-corrected chi connectivity index (χ1v) is 5.74. The fourth-order valence-electron chi connectivity index (χ4n) is 1.98. The van der Waals surface area contributed by atoms with E-state index in [0.29, 0.717) is 6.04 Å². The van der Waals surface area contributed by atoms with E-state index in [2.05, 4.69) is 17.3 Å². The van der Waals surface area contributed by atoms with Gasteiger partial charge >= 0.3 is 0 Å². The molecule has 0 aromatic heterocycles. The maximum atomic E-state index is 11.8. The van der Waals surface area contributed by atoms with Gasteiger partial charge in [-0.3, -0.25) is 4.79 Å². The Morgan fingerprint density at radius 2 is 2.33 bits per heavy atom. The predicted molar refractivity (Wildman–Crippen MR) is 61.8 cm³/mol. The van der Waals surface area contributed by atoms with Crippen LogP contribution < -0.4 is 5.32 Å². The van der Waals surface area contributed by atoms with Gasteiger partial charge in [0, 0.05) is 26.2 Å². The van der Waals surface area contributed by atoms with Crippen molar-refractivity contribution in [2.45, 2.75) is 32.4 Å². The van der Waals surface area contributed by atoms with Crippen LogP contribution in [0, 0.1) is 0 Å². The molecule has 4 nitrogen and oxygen atoms in total. The van der Waals surface area contributed by atoms with Crippen LogP contribution in [0.3, 0.4) is 0 Å². The molecule has 1 aliphatic rings. The van der Waals surface area contributed by atoms with Crippen LogP contribution in [0.4, 0.5) is 0 Å². The molecule has 4 heteroatoms. The second-order valence-corrected chi connectivity index (χ2v) is 4.49. The highest BCUT2D eigenvalue weighted by molar-refractivity contribution is 5.81. The number of likely N-dealkylation sites (N-methyl/N-ethyl adjacent to an activating group) is 2. The van der Waals surface area contributed by atoms with Gasteiger partial charge in [0.05, 0.1) is 6.04 Å². The Kier molecular flexibility index (Phi) is 4.54. The van der Waals surface area contributed by atoms with Gasteiger partial charge in [-0.1, -0.05) is 0 Å². The zero-order valence-corrected chi connectivity index (χ0v) is 10.3. The number of rotatable bonds is 4. The van der Waals surface area contributed by atoms with Gasteiger partial charge in [0.1, 0.15) is 0 Å². The molecule has 0 aromatic rings. The lowest BCUT2D eigenvalue weighted by atomic mass is 10.2. The number of likely N-dealkylation sites (tertiary alicyclic amines) is 1. The molecular weight excluding hydrogens is 190 g/mol. The highest BCUT2D eigenvalue weighted by Gasteiger charge is 2.24. The summed E-state index contributed by atoms with van der Waals surface area (Å²) in [5.41, 5.74) is 0. The van der Waals surface area contributed by atoms with Gasteiger partial charge in [0.25, 0.3) is 0 Å². The van der Waals surface area contributed by atoms with Gasteiger partial charge in [0.15, 0.2) is 0 Å². The van der Waals surface area contributed by atoms with Crippen LogP contribution in [0.15, 0.2) is 0 Å². The summed E-state index contributed by atoms with van der Waals surface area (Å²) in [6, 6.07) is 0.408. The number of hydrogen-bond donors (Lipinski definition) is 1. The summed E-state index contributed by atoms with van der Waals surface area (Å²) in [6.45, 7) is 6.89. The minimum absolute atomic E-state index is 0.0635. The lowest BCUT2D eigenvalue weighted by Gasteiger charge is -2.23. The second kappa shape index (κ2) is 5.47. The van der Waals surface area contributed by atoms with Crippen molar-refractivity contribution in [1.29, 1.82) is 0 Å². The van der Waals surface area contributed by atoms with Crippen molar-refractivity contribution in [1.82, 2.24) is 15.1 Å². The molecular formula is C11H23N3O. The predicted octanol–water partition coefficient (Wildman–Crippen LogP) is 0.147. The number of nitrogens with zero attached hydrogens (tertiary/aromatic N) is 2. The SMILES string of the molecule is CCN(C)C(=O)C(C)NC1CCN(C)C1. The summed E-state index contributed by atoms with van der Waals surface area (Å²) in [5, 5.41) is 3.39. The molecule has 0 saturated carbocycles. The molecule has 0 aromatic carbocycles. The third-order valence-corrected chi connectivity index (χ3v) is 3.10. The van der Waals surface area contributed by atoms with E-state index >= 15 is 0 Å². The number of amides is 1. The van der Waals surface area contributed by atoms with Crippen molar-refractivity contribution in [2.75, 3.05) is 33.7 Å². The third-order valence-electron chi connectivity index (χ3n) is 3.10. The Labute approximate surface area is 92.6 Å². The van der Waals surface area contributed by atoms with Crippen LogP contribution in [0.2, 0.25) is 0 Å². The molecule has 0 aliphatic carbocycles. The molecule has 1 heterocycles. The topological polar surface area (TPSA) is 35.6 Å².